The molecule has 0 fully saturated rings. The quantitative estimate of drug-likeness (QED) is 0.522. The monoisotopic (exact) mass is 376 g/mol. The molecule has 0 aliphatic rings. The van der Waals surface area contributed by atoms with Crippen LogP contribution in [0.1, 0.15) is 10.4 Å². The number of hydrogen-bond acceptors (Lipinski definition) is 6. The van der Waals surface area contributed by atoms with Gasteiger partial charge >= 0.3 is 0 Å². The largest absolute Gasteiger partial charge is 0.301 e. The minimum Gasteiger partial charge on any atom is -0.301 e. The first-order valence-corrected chi connectivity index (χ1v) is 9.26. The lowest BCUT2D eigenvalue weighted by Crippen LogP contribution is -2.13. The zero-order valence-corrected chi connectivity index (χ0v) is 14.9. The molecule has 1 amide bonds. The van der Waals surface area contributed by atoms with Gasteiger partial charge in [-0.2, -0.15) is 0 Å². The number of carbonyl (C=O) groups is 1. The van der Waals surface area contributed by atoms with Crippen molar-refractivity contribution in [3.05, 3.63) is 64.4 Å². The van der Waals surface area contributed by atoms with E-state index in [0.29, 0.717) is 16.7 Å². The van der Waals surface area contributed by atoms with Crippen LogP contribution in [-0.2, 0) is 11.2 Å². The molecule has 0 spiro atoms. The Morgan fingerprint density at radius 3 is 2.75 bits per heavy atom. The van der Waals surface area contributed by atoms with Crippen LogP contribution in [-0.4, -0.2) is 26.6 Å². The maximum absolute atomic E-state index is 12.0. The van der Waals surface area contributed by atoms with Crippen LogP contribution >= 0.6 is 34.7 Å². The van der Waals surface area contributed by atoms with Gasteiger partial charge in [0.2, 0.25) is 5.91 Å². The van der Waals surface area contributed by atoms with Crippen molar-refractivity contribution in [2.45, 2.75) is 11.6 Å². The third kappa shape index (κ3) is 4.77. The van der Waals surface area contributed by atoms with E-state index < -0.39 is 0 Å². The summed E-state index contributed by atoms with van der Waals surface area (Å²) < 4.78 is 0. The van der Waals surface area contributed by atoms with E-state index in [2.05, 4.69) is 20.3 Å². The first kappa shape index (κ1) is 16.9. The van der Waals surface area contributed by atoms with E-state index in [9.17, 15) is 4.79 Å². The first-order chi connectivity index (χ1) is 11.7. The molecule has 3 aromatic rings. The highest BCUT2D eigenvalue weighted by Gasteiger charge is 2.09. The van der Waals surface area contributed by atoms with Crippen LogP contribution in [0.3, 0.4) is 0 Å². The predicted octanol–water partition coefficient (Wildman–Crippen LogP) is 3.91. The summed E-state index contributed by atoms with van der Waals surface area (Å²) >= 11 is 8.89. The number of anilines is 1. The fourth-order valence-electron chi connectivity index (χ4n) is 1.92. The molecule has 1 aromatic carbocycles. The molecule has 8 heteroatoms. The van der Waals surface area contributed by atoms with Gasteiger partial charge in [-0.05, 0) is 17.7 Å². The maximum atomic E-state index is 12.0. The first-order valence-electron chi connectivity index (χ1n) is 7.08. The summed E-state index contributed by atoms with van der Waals surface area (Å²) in [5, 5.41) is 4.68. The highest BCUT2D eigenvalue weighted by Crippen LogP contribution is 2.24. The molecular weight excluding hydrogens is 364 g/mol. The van der Waals surface area contributed by atoms with Gasteiger partial charge in [0, 0.05) is 34.9 Å². The fourth-order valence-corrected chi connectivity index (χ4v) is 3.58. The van der Waals surface area contributed by atoms with E-state index in [4.69, 9.17) is 11.6 Å². The Hall–Kier alpha value is -1.96. The second-order valence-corrected chi connectivity index (χ2v) is 7.23. The summed E-state index contributed by atoms with van der Waals surface area (Å²) in [5.74, 6) is 0.106. The van der Waals surface area contributed by atoms with Gasteiger partial charge in [0.25, 0.3) is 0 Å². The molecule has 0 aliphatic heterocycles. The third-order valence-electron chi connectivity index (χ3n) is 3.00. The highest BCUT2D eigenvalue weighted by atomic mass is 35.5. The van der Waals surface area contributed by atoms with Crippen molar-refractivity contribution in [3.63, 3.8) is 0 Å². The van der Waals surface area contributed by atoms with Crippen molar-refractivity contribution in [1.82, 2.24) is 15.0 Å². The summed E-state index contributed by atoms with van der Waals surface area (Å²) in [4.78, 5) is 25.4. The minimum absolute atomic E-state index is 0.133. The van der Waals surface area contributed by atoms with Crippen molar-refractivity contribution in [2.75, 3.05) is 11.1 Å². The topological polar surface area (TPSA) is 67.8 Å². The third-order valence-corrected chi connectivity index (χ3v) is 5.15. The molecule has 2 heterocycles. The second-order valence-electron chi connectivity index (χ2n) is 4.77. The number of amides is 1. The van der Waals surface area contributed by atoms with Gasteiger partial charge in [-0.3, -0.25) is 4.79 Å². The van der Waals surface area contributed by atoms with Crippen molar-refractivity contribution in [2.24, 2.45) is 0 Å². The number of nitrogens with zero attached hydrogens (tertiary/aromatic N) is 3. The Morgan fingerprint density at radius 2 is 1.96 bits per heavy atom. The van der Waals surface area contributed by atoms with E-state index in [1.54, 1.807) is 24.7 Å². The van der Waals surface area contributed by atoms with E-state index >= 15 is 0 Å². The Morgan fingerprint density at radius 1 is 1.17 bits per heavy atom. The van der Waals surface area contributed by atoms with Crippen LogP contribution in [0.25, 0.3) is 0 Å². The molecule has 0 unspecified atom stereocenters. The average Bonchev–Trinajstić information content (AvgIpc) is 3.03. The normalized spacial score (nSPS) is 10.5. The van der Waals surface area contributed by atoms with Crippen LogP contribution in [0.5, 0.6) is 0 Å². The van der Waals surface area contributed by atoms with Crippen molar-refractivity contribution in [3.8, 4) is 0 Å². The van der Waals surface area contributed by atoms with Crippen LogP contribution in [0.2, 0.25) is 5.02 Å². The molecule has 5 nitrogen and oxygen atoms in total. The van der Waals surface area contributed by atoms with E-state index in [1.165, 1.54) is 23.1 Å². The molecule has 2 aromatic heterocycles. The van der Waals surface area contributed by atoms with E-state index in [0.717, 1.165) is 15.5 Å². The Bertz CT molecular complexity index is 826. The molecule has 0 atom stereocenters. The molecule has 24 heavy (non-hydrogen) atoms. The molecular formula is C16H13ClN4OS2. The van der Waals surface area contributed by atoms with Gasteiger partial charge in [-0.25, -0.2) is 15.0 Å². The lowest BCUT2D eigenvalue weighted by atomic mass is 10.1. The maximum Gasteiger partial charge on any atom is 0.236 e. The number of rotatable bonds is 6. The number of carbonyl (C=O) groups excluding carboxylic acids is 1. The van der Waals surface area contributed by atoms with Crippen molar-refractivity contribution in [1.29, 1.82) is 0 Å². The number of benzene rings is 1. The standard InChI is InChI=1S/C16H13ClN4OS2/c17-13-5-2-1-4-11(13)8-12-9-20-16(24-12)21-14(22)10-23-15-18-6-3-7-19-15/h1-7,9H,8,10H2,(H,20,21,22). The average molecular weight is 377 g/mol. The zero-order valence-electron chi connectivity index (χ0n) is 12.5. The molecule has 0 saturated carbocycles. The molecule has 122 valence electrons. The van der Waals surface area contributed by atoms with Crippen molar-refractivity contribution < 1.29 is 4.79 Å². The lowest BCUT2D eigenvalue weighted by Gasteiger charge is -2.01. The number of thiazole rings is 1. The van der Waals surface area contributed by atoms with Gasteiger partial charge in [-0.1, -0.05) is 41.6 Å². The second kappa shape index (κ2) is 8.23. The van der Waals surface area contributed by atoms with Crippen LogP contribution in [0, 0.1) is 0 Å². The summed E-state index contributed by atoms with van der Waals surface area (Å²) in [5.41, 5.74) is 1.04. The van der Waals surface area contributed by atoms with Crippen LogP contribution in [0.15, 0.2) is 54.1 Å². The number of nitrogens with one attached hydrogen (secondary N) is 1. The minimum atomic E-state index is -0.133. The SMILES string of the molecule is O=C(CSc1ncccn1)Nc1ncc(Cc2ccccc2Cl)s1. The number of thioether (sulfide) groups is 1. The predicted molar refractivity (Wildman–Crippen MR) is 97.8 cm³/mol. The summed E-state index contributed by atoms with van der Waals surface area (Å²) in [6, 6.07) is 9.44. The molecule has 1 N–H and O–H groups in total. The van der Waals surface area contributed by atoms with E-state index in [-0.39, 0.29) is 11.7 Å². The number of halogens is 1. The zero-order chi connectivity index (χ0) is 16.8. The van der Waals surface area contributed by atoms with Crippen LogP contribution < -0.4 is 5.32 Å². The summed E-state index contributed by atoms with van der Waals surface area (Å²) in [6.07, 6.45) is 5.75. The molecule has 0 aliphatic carbocycles. The Kier molecular flexibility index (Phi) is 5.79. The summed E-state index contributed by atoms with van der Waals surface area (Å²) in [7, 11) is 0. The van der Waals surface area contributed by atoms with E-state index in [1.807, 2.05) is 24.3 Å². The van der Waals surface area contributed by atoms with Gasteiger partial charge in [0.15, 0.2) is 10.3 Å². The van der Waals surface area contributed by atoms with Crippen molar-refractivity contribution >= 4 is 45.7 Å². The summed E-state index contributed by atoms with van der Waals surface area (Å²) in [6.45, 7) is 0. The smallest absolute Gasteiger partial charge is 0.236 e. The molecule has 3 rings (SSSR count). The molecule has 0 bridgehead atoms. The van der Waals surface area contributed by atoms with Gasteiger partial charge in [-0.15, -0.1) is 11.3 Å². The number of hydrogen-bond donors (Lipinski definition) is 1. The number of aromatic nitrogens is 3. The van der Waals surface area contributed by atoms with Gasteiger partial charge in [0.1, 0.15) is 0 Å². The Balaban J connectivity index is 1.54. The fraction of sp³-hybridized carbons (Fsp3) is 0.125. The lowest BCUT2D eigenvalue weighted by molar-refractivity contribution is -0.113. The molecule has 0 radical (unpaired) electrons. The molecule has 0 saturated heterocycles. The van der Waals surface area contributed by atoms with Gasteiger partial charge in [0.05, 0.1) is 5.75 Å². The van der Waals surface area contributed by atoms with Gasteiger partial charge < -0.3 is 5.32 Å². The Labute approximate surface area is 152 Å². The highest BCUT2D eigenvalue weighted by molar-refractivity contribution is 7.99. The van der Waals surface area contributed by atoms with Crippen LogP contribution in [0.4, 0.5) is 5.13 Å².